The van der Waals surface area contributed by atoms with Crippen LogP contribution in [-0.4, -0.2) is 25.1 Å². The van der Waals surface area contributed by atoms with E-state index in [-0.39, 0.29) is 7.43 Å². The highest BCUT2D eigenvalue weighted by molar-refractivity contribution is 5.13. The molecule has 1 heterocycles. The molecule has 0 spiro atoms. The first-order valence-corrected chi connectivity index (χ1v) is 5.70. The Balaban J connectivity index is 0.000000316. The van der Waals surface area contributed by atoms with Gasteiger partial charge in [0.2, 0.25) is 0 Å². The van der Waals surface area contributed by atoms with Gasteiger partial charge in [-0.2, -0.15) is 0 Å². The van der Waals surface area contributed by atoms with Crippen molar-refractivity contribution in [2.45, 2.75) is 27.8 Å². The quantitative estimate of drug-likeness (QED) is 0.612. The number of benzene rings is 1. The molecule has 2 rings (SSSR count). The molecule has 1 aliphatic heterocycles. The smallest absolute Gasteiger partial charge is 0.0376 e. The van der Waals surface area contributed by atoms with Crippen molar-refractivity contribution in [3.63, 3.8) is 0 Å². The lowest BCUT2D eigenvalue weighted by molar-refractivity contribution is 0.226. The molecule has 1 aliphatic rings. The average Bonchev–Trinajstić information content (AvgIpc) is 2.17. The topological polar surface area (TPSA) is 41.3 Å². The van der Waals surface area contributed by atoms with Crippen LogP contribution in [0.25, 0.3) is 0 Å². The standard InChI is InChI=1S/C8H12N2.C5H11N.CH4/c1-10(9)7-8-5-3-2-4-6-8;1-5(2)3-6-4-5;/h2-6H,7,9H2,1H3;6H,3-4H2,1-2H3;1H4. The molecule has 1 fully saturated rings. The van der Waals surface area contributed by atoms with Gasteiger partial charge in [0.15, 0.2) is 0 Å². The van der Waals surface area contributed by atoms with E-state index in [2.05, 4.69) is 31.3 Å². The highest BCUT2D eigenvalue weighted by Gasteiger charge is 2.24. The molecular formula is C14H27N3. The van der Waals surface area contributed by atoms with Gasteiger partial charge >= 0.3 is 0 Å². The molecular weight excluding hydrogens is 210 g/mol. The van der Waals surface area contributed by atoms with Crippen molar-refractivity contribution in [2.75, 3.05) is 20.1 Å². The molecule has 0 radical (unpaired) electrons. The Morgan fingerprint density at radius 1 is 1.24 bits per heavy atom. The first-order chi connectivity index (χ1) is 7.49. The fraction of sp³-hybridized carbons (Fsp3) is 0.571. The summed E-state index contributed by atoms with van der Waals surface area (Å²) in [6, 6.07) is 10.1. The van der Waals surface area contributed by atoms with E-state index >= 15 is 0 Å². The van der Waals surface area contributed by atoms with Crippen molar-refractivity contribution in [1.82, 2.24) is 10.3 Å². The number of nitrogens with zero attached hydrogens (tertiary/aromatic N) is 1. The second-order valence-electron chi connectivity index (χ2n) is 5.17. The summed E-state index contributed by atoms with van der Waals surface area (Å²) in [6.45, 7) is 7.74. The molecule has 98 valence electrons. The van der Waals surface area contributed by atoms with Crippen LogP contribution in [0.15, 0.2) is 30.3 Å². The van der Waals surface area contributed by atoms with Crippen LogP contribution in [0.5, 0.6) is 0 Å². The molecule has 1 aromatic carbocycles. The second kappa shape index (κ2) is 7.43. The van der Waals surface area contributed by atoms with E-state index in [9.17, 15) is 0 Å². The van der Waals surface area contributed by atoms with E-state index in [0.29, 0.717) is 5.41 Å². The lowest BCUT2D eigenvalue weighted by Crippen LogP contribution is -2.49. The summed E-state index contributed by atoms with van der Waals surface area (Å²) < 4.78 is 0. The molecule has 1 aromatic rings. The maximum absolute atomic E-state index is 5.46. The zero-order valence-corrected chi connectivity index (χ0v) is 10.5. The normalized spacial score (nSPS) is 16.3. The van der Waals surface area contributed by atoms with E-state index < -0.39 is 0 Å². The van der Waals surface area contributed by atoms with Crippen molar-refractivity contribution < 1.29 is 0 Å². The van der Waals surface area contributed by atoms with Crippen LogP contribution in [0.2, 0.25) is 0 Å². The van der Waals surface area contributed by atoms with Gasteiger partial charge in [0, 0.05) is 26.7 Å². The fourth-order valence-electron chi connectivity index (χ4n) is 1.50. The zero-order chi connectivity index (χ0) is 12.0. The van der Waals surface area contributed by atoms with Crippen molar-refractivity contribution in [2.24, 2.45) is 11.3 Å². The fourth-order valence-corrected chi connectivity index (χ4v) is 1.50. The van der Waals surface area contributed by atoms with Crippen LogP contribution in [0.3, 0.4) is 0 Å². The zero-order valence-electron chi connectivity index (χ0n) is 10.5. The van der Waals surface area contributed by atoms with Gasteiger partial charge in [-0.25, -0.2) is 5.01 Å². The van der Waals surface area contributed by atoms with E-state index in [0.717, 1.165) is 6.54 Å². The molecule has 0 saturated carbocycles. The first kappa shape index (κ1) is 16.1. The van der Waals surface area contributed by atoms with Crippen LogP contribution in [0.4, 0.5) is 0 Å². The number of hydrogen-bond acceptors (Lipinski definition) is 3. The Bertz CT molecular complexity index is 288. The molecule has 0 unspecified atom stereocenters. The monoisotopic (exact) mass is 237 g/mol. The van der Waals surface area contributed by atoms with Gasteiger partial charge in [0.1, 0.15) is 0 Å². The Labute approximate surface area is 106 Å². The third-order valence-electron chi connectivity index (χ3n) is 2.48. The number of rotatable bonds is 2. The first-order valence-electron chi connectivity index (χ1n) is 5.70. The average molecular weight is 237 g/mol. The molecule has 17 heavy (non-hydrogen) atoms. The molecule has 0 aromatic heterocycles. The summed E-state index contributed by atoms with van der Waals surface area (Å²) in [5, 5.41) is 4.86. The summed E-state index contributed by atoms with van der Waals surface area (Å²) in [5.41, 5.74) is 1.85. The number of nitrogens with two attached hydrogens (primary N) is 1. The van der Waals surface area contributed by atoms with Crippen LogP contribution < -0.4 is 11.2 Å². The third kappa shape index (κ3) is 7.10. The van der Waals surface area contributed by atoms with Crippen molar-refractivity contribution in [3.8, 4) is 0 Å². The largest absolute Gasteiger partial charge is 0.316 e. The predicted molar refractivity (Wildman–Crippen MR) is 75.5 cm³/mol. The van der Waals surface area contributed by atoms with Gasteiger partial charge in [0.05, 0.1) is 0 Å². The van der Waals surface area contributed by atoms with E-state index in [1.165, 1.54) is 18.7 Å². The molecule has 0 amide bonds. The summed E-state index contributed by atoms with van der Waals surface area (Å²) in [6.07, 6.45) is 0. The second-order valence-corrected chi connectivity index (χ2v) is 5.17. The van der Waals surface area contributed by atoms with Crippen LogP contribution in [0.1, 0.15) is 26.8 Å². The lowest BCUT2D eigenvalue weighted by atomic mass is 9.87. The summed E-state index contributed by atoms with van der Waals surface area (Å²) in [5.74, 6) is 5.46. The lowest BCUT2D eigenvalue weighted by Gasteiger charge is -2.35. The minimum absolute atomic E-state index is 0. The minimum atomic E-state index is 0. The Morgan fingerprint density at radius 3 is 2.00 bits per heavy atom. The van der Waals surface area contributed by atoms with Gasteiger partial charge in [-0.15, -0.1) is 0 Å². The summed E-state index contributed by atoms with van der Waals surface area (Å²) >= 11 is 0. The Kier molecular flexibility index (Phi) is 7.04. The van der Waals surface area contributed by atoms with Gasteiger partial charge in [-0.3, -0.25) is 5.84 Å². The molecule has 3 nitrogen and oxygen atoms in total. The summed E-state index contributed by atoms with van der Waals surface area (Å²) in [4.78, 5) is 0. The minimum Gasteiger partial charge on any atom is -0.316 e. The van der Waals surface area contributed by atoms with E-state index in [1.54, 1.807) is 5.01 Å². The SMILES string of the molecule is C.CC1(C)CNC1.CN(N)Cc1ccccc1. The van der Waals surface area contributed by atoms with Crippen LogP contribution >= 0.6 is 0 Å². The van der Waals surface area contributed by atoms with Crippen molar-refractivity contribution in [1.29, 1.82) is 0 Å². The predicted octanol–water partition coefficient (Wildman–Crippen LogP) is 2.24. The van der Waals surface area contributed by atoms with Gasteiger partial charge in [0.25, 0.3) is 0 Å². The van der Waals surface area contributed by atoms with Gasteiger partial charge in [-0.05, 0) is 11.0 Å². The maximum atomic E-state index is 5.46. The highest BCUT2D eigenvalue weighted by Crippen LogP contribution is 2.18. The molecule has 1 saturated heterocycles. The van der Waals surface area contributed by atoms with Gasteiger partial charge in [-0.1, -0.05) is 51.6 Å². The highest BCUT2D eigenvalue weighted by atomic mass is 15.4. The molecule has 3 heteroatoms. The Morgan fingerprint density at radius 2 is 1.71 bits per heavy atom. The van der Waals surface area contributed by atoms with E-state index in [1.807, 2.05) is 25.2 Å². The maximum Gasteiger partial charge on any atom is 0.0376 e. The number of nitrogens with one attached hydrogen (secondary N) is 1. The Hall–Kier alpha value is -0.900. The van der Waals surface area contributed by atoms with Crippen LogP contribution in [0, 0.1) is 5.41 Å². The third-order valence-corrected chi connectivity index (χ3v) is 2.48. The van der Waals surface area contributed by atoms with Crippen molar-refractivity contribution >= 4 is 0 Å². The summed E-state index contributed by atoms with van der Waals surface area (Å²) in [7, 11) is 1.85. The molecule has 3 N–H and O–H groups in total. The molecule has 0 aliphatic carbocycles. The molecule has 0 atom stereocenters. The van der Waals surface area contributed by atoms with Crippen LogP contribution in [-0.2, 0) is 6.54 Å². The number of hydrazine groups is 1. The number of hydrogen-bond donors (Lipinski definition) is 2. The van der Waals surface area contributed by atoms with E-state index in [4.69, 9.17) is 5.84 Å². The molecule has 0 bridgehead atoms. The van der Waals surface area contributed by atoms with Crippen molar-refractivity contribution in [3.05, 3.63) is 35.9 Å². The van der Waals surface area contributed by atoms with Gasteiger partial charge < -0.3 is 5.32 Å².